The molecule has 0 amide bonds. The minimum atomic E-state index is -0.279. The van der Waals surface area contributed by atoms with Crippen molar-refractivity contribution in [3.05, 3.63) is 77.5 Å². The van der Waals surface area contributed by atoms with Crippen LogP contribution in [0.4, 0.5) is 4.39 Å². The molecular weight excluding hydrogens is 359 g/mol. The van der Waals surface area contributed by atoms with Gasteiger partial charge in [-0.25, -0.2) is 4.39 Å². The highest BCUT2D eigenvalue weighted by molar-refractivity contribution is 5.96. The average molecular weight is 380 g/mol. The minimum absolute atomic E-state index is 0.0710. The van der Waals surface area contributed by atoms with Crippen molar-refractivity contribution in [2.75, 3.05) is 13.1 Å². The second-order valence-corrected chi connectivity index (χ2v) is 7.06. The lowest BCUT2D eigenvalue weighted by atomic mass is 9.92. The van der Waals surface area contributed by atoms with E-state index in [-0.39, 0.29) is 17.5 Å². The van der Waals surface area contributed by atoms with Crippen LogP contribution in [0.25, 0.3) is 0 Å². The van der Waals surface area contributed by atoms with Gasteiger partial charge < -0.3 is 4.52 Å². The quantitative estimate of drug-likeness (QED) is 0.611. The number of carbonyl (C=O) groups excluding carboxylic acids is 1. The fourth-order valence-electron chi connectivity index (χ4n) is 3.58. The van der Waals surface area contributed by atoms with E-state index in [1.807, 2.05) is 12.1 Å². The van der Waals surface area contributed by atoms with Crippen molar-refractivity contribution in [1.82, 2.24) is 20.0 Å². The number of piperidine rings is 1. The first-order chi connectivity index (χ1) is 13.7. The Morgan fingerprint density at radius 2 is 2.18 bits per heavy atom. The number of hydrogen-bond acceptors (Lipinski definition) is 6. The summed E-state index contributed by atoms with van der Waals surface area (Å²) >= 11 is 0. The van der Waals surface area contributed by atoms with Crippen molar-refractivity contribution in [3.63, 3.8) is 0 Å². The molecule has 6 nitrogen and oxygen atoms in total. The third-order valence-corrected chi connectivity index (χ3v) is 4.91. The van der Waals surface area contributed by atoms with Gasteiger partial charge in [-0.05, 0) is 49.2 Å². The minimum Gasteiger partial charge on any atom is -0.338 e. The zero-order valence-electron chi connectivity index (χ0n) is 15.4. The van der Waals surface area contributed by atoms with Crippen LogP contribution in [0.5, 0.6) is 0 Å². The summed E-state index contributed by atoms with van der Waals surface area (Å²) in [6.07, 6.45) is 3.86. The van der Waals surface area contributed by atoms with Crippen molar-refractivity contribution >= 4 is 5.78 Å². The molecule has 1 aliphatic heterocycles. The molecule has 0 N–H and O–H groups in total. The molecular formula is C21H21FN4O2. The number of aromatic nitrogens is 3. The zero-order valence-corrected chi connectivity index (χ0v) is 15.4. The van der Waals surface area contributed by atoms with E-state index in [0.29, 0.717) is 36.9 Å². The Hall–Kier alpha value is -2.93. The Bertz CT molecular complexity index is 944. The van der Waals surface area contributed by atoms with Crippen LogP contribution >= 0.6 is 0 Å². The molecule has 4 rings (SSSR count). The van der Waals surface area contributed by atoms with Crippen LogP contribution in [0.2, 0.25) is 0 Å². The molecule has 0 bridgehead atoms. The second kappa shape index (κ2) is 8.39. The number of hydrogen-bond donors (Lipinski definition) is 0. The lowest BCUT2D eigenvalue weighted by molar-refractivity contribution is 0.0792. The number of carbonyl (C=O) groups is 1. The van der Waals surface area contributed by atoms with E-state index in [0.717, 1.165) is 24.9 Å². The summed E-state index contributed by atoms with van der Waals surface area (Å²) in [5.74, 6) is 0.773. The molecule has 1 aliphatic rings. The number of rotatable bonds is 6. The topological polar surface area (TPSA) is 72.1 Å². The average Bonchev–Trinajstić information content (AvgIpc) is 3.15. The van der Waals surface area contributed by atoms with Gasteiger partial charge in [0.15, 0.2) is 11.6 Å². The number of benzene rings is 1. The Labute approximate surface area is 162 Å². The standard InChI is InChI=1S/C21H21FN4O2/c22-17-7-3-5-15(11-17)12-19-24-20(28-25-19)14-26-10-4-6-16(13-26)21(27)18-8-1-2-9-23-18/h1-3,5,7-9,11,16H,4,6,10,12-14H2/t16-/m1/s1. The summed E-state index contributed by atoms with van der Waals surface area (Å²) in [4.78, 5) is 23.4. The molecule has 3 aromatic rings. The van der Waals surface area contributed by atoms with E-state index >= 15 is 0 Å². The predicted octanol–water partition coefficient (Wildman–Crippen LogP) is 3.29. The van der Waals surface area contributed by atoms with Crippen LogP contribution in [-0.2, 0) is 13.0 Å². The summed E-state index contributed by atoms with van der Waals surface area (Å²) in [5, 5.41) is 4.00. The Morgan fingerprint density at radius 3 is 3.00 bits per heavy atom. The molecule has 0 aliphatic carbocycles. The monoisotopic (exact) mass is 380 g/mol. The molecule has 0 unspecified atom stereocenters. The number of likely N-dealkylation sites (tertiary alicyclic amines) is 1. The fraction of sp³-hybridized carbons (Fsp3) is 0.333. The van der Waals surface area contributed by atoms with E-state index in [1.54, 1.807) is 24.4 Å². The number of ketones is 1. The highest BCUT2D eigenvalue weighted by Crippen LogP contribution is 2.21. The lowest BCUT2D eigenvalue weighted by Gasteiger charge is -2.30. The Morgan fingerprint density at radius 1 is 1.25 bits per heavy atom. The van der Waals surface area contributed by atoms with Crippen LogP contribution in [0, 0.1) is 11.7 Å². The second-order valence-electron chi connectivity index (χ2n) is 7.06. The summed E-state index contributed by atoms with van der Waals surface area (Å²) < 4.78 is 18.7. The smallest absolute Gasteiger partial charge is 0.240 e. The summed E-state index contributed by atoms with van der Waals surface area (Å²) in [6, 6.07) is 11.8. The normalized spacial score (nSPS) is 17.5. The SMILES string of the molecule is O=C(c1ccccn1)[C@@H]1CCCN(Cc2nc(Cc3cccc(F)c3)no2)C1. The first-order valence-electron chi connectivity index (χ1n) is 9.41. The van der Waals surface area contributed by atoms with E-state index in [1.165, 1.54) is 12.1 Å². The Kier molecular flexibility index (Phi) is 5.53. The fourth-order valence-corrected chi connectivity index (χ4v) is 3.58. The highest BCUT2D eigenvalue weighted by Gasteiger charge is 2.28. The van der Waals surface area contributed by atoms with E-state index in [2.05, 4.69) is 20.0 Å². The lowest BCUT2D eigenvalue weighted by Crippen LogP contribution is -2.38. The van der Waals surface area contributed by atoms with Crippen molar-refractivity contribution < 1.29 is 13.7 Å². The van der Waals surface area contributed by atoms with Crippen molar-refractivity contribution in [3.8, 4) is 0 Å². The molecule has 1 fully saturated rings. The molecule has 1 aromatic carbocycles. The number of Topliss-reactive ketones (excluding diaryl/α,β-unsaturated/α-hetero) is 1. The zero-order chi connectivity index (χ0) is 19.3. The first-order valence-corrected chi connectivity index (χ1v) is 9.41. The predicted molar refractivity (Wildman–Crippen MR) is 100 cm³/mol. The number of halogens is 1. The van der Waals surface area contributed by atoms with Gasteiger partial charge in [0.1, 0.15) is 11.5 Å². The maximum Gasteiger partial charge on any atom is 0.240 e. The molecule has 0 saturated carbocycles. The van der Waals surface area contributed by atoms with Crippen LogP contribution < -0.4 is 0 Å². The van der Waals surface area contributed by atoms with Gasteiger partial charge in [-0.15, -0.1) is 0 Å². The summed E-state index contributed by atoms with van der Waals surface area (Å²) in [5.41, 5.74) is 1.32. The van der Waals surface area contributed by atoms with Gasteiger partial charge in [-0.1, -0.05) is 23.4 Å². The van der Waals surface area contributed by atoms with Gasteiger partial charge in [0, 0.05) is 25.1 Å². The van der Waals surface area contributed by atoms with Crippen molar-refractivity contribution in [2.24, 2.45) is 5.92 Å². The van der Waals surface area contributed by atoms with Crippen molar-refractivity contribution in [1.29, 1.82) is 0 Å². The van der Waals surface area contributed by atoms with E-state index in [4.69, 9.17) is 4.52 Å². The third kappa shape index (κ3) is 4.48. The van der Waals surface area contributed by atoms with Gasteiger partial charge in [-0.3, -0.25) is 14.7 Å². The van der Waals surface area contributed by atoms with E-state index < -0.39 is 0 Å². The van der Waals surface area contributed by atoms with Gasteiger partial charge >= 0.3 is 0 Å². The Balaban J connectivity index is 1.36. The molecule has 1 atom stereocenters. The van der Waals surface area contributed by atoms with Crippen LogP contribution in [0.15, 0.2) is 53.2 Å². The largest absolute Gasteiger partial charge is 0.338 e. The molecule has 3 heterocycles. The van der Waals surface area contributed by atoms with Gasteiger partial charge in [-0.2, -0.15) is 4.98 Å². The molecule has 1 saturated heterocycles. The molecule has 0 radical (unpaired) electrons. The third-order valence-electron chi connectivity index (χ3n) is 4.91. The van der Waals surface area contributed by atoms with Gasteiger partial charge in [0.25, 0.3) is 0 Å². The number of pyridine rings is 1. The van der Waals surface area contributed by atoms with Gasteiger partial charge in [0.05, 0.1) is 6.54 Å². The maximum atomic E-state index is 13.3. The van der Waals surface area contributed by atoms with Crippen molar-refractivity contribution in [2.45, 2.75) is 25.8 Å². The first kappa shape index (κ1) is 18.4. The van der Waals surface area contributed by atoms with Crippen LogP contribution in [-0.4, -0.2) is 38.9 Å². The summed E-state index contributed by atoms with van der Waals surface area (Å²) in [6.45, 7) is 2.03. The molecule has 28 heavy (non-hydrogen) atoms. The molecule has 2 aromatic heterocycles. The van der Waals surface area contributed by atoms with Crippen LogP contribution in [0.3, 0.4) is 0 Å². The van der Waals surface area contributed by atoms with E-state index in [9.17, 15) is 9.18 Å². The summed E-state index contributed by atoms with van der Waals surface area (Å²) in [7, 11) is 0. The van der Waals surface area contributed by atoms with Crippen LogP contribution in [0.1, 0.15) is 40.6 Å². The molecule has 7 heteroatoms. The molecule has 0 spiro atoms. The maximum absolute atomic E-state index is 13.3. The molecule has 144 valence electrons. The van der Waals surface area contributed by atoms with Gasteiger partial charge in [0.2, 0.25) is 5.89 Å². The number of nitrogens with zero attached hydrogens (tertiary/aromatic N) is 4. The highest BCUT2D eigenvalue weighted by atomic mass is 19.1.